The summed E-state index contributed by atoms with van der Waals surface area (Å²) in [5.74, 6) is 1.92. The van der Waals surface area contributed by atoms with Crippen LogP contribution in [0.3, 0.4) is 0 Å². The van der Waals surface area contributed by atoms with E-state index in [0.717, 1.165) is 105 Å². The Labute approximate surface area is 388 Å². The van der Waals surface area contributed by atoms with Gasteiger partial charge in [0.2, 0.25) is 0 Å². The van der Waals surface area contributed by atoms with E-state index in [0.29, 0.717) is 11.5 Å². The molecule has 65 heavy (non-hydrogen) atoms. The molecular formula is C58H34N4O2Pt-2. The minimum Gasteiger partial charge on any atom is -0.510 e. The molecule has 0 aliphatic rings. The van der Waals surface area contributed by atoms with Crippen LogP contribution >= 0.6 is 0 Å². The maximum atomic E-state index is 6.77. The van der Waals surface area contributed by atoms with Gasteiger partial charge in [0.15, 0.2) is 0 Å². The smallest absolute Gasteiger partial charge is 0.267 e. The number of hydrogen-bond donors (Lipinski definition) is 0. The van der Waals surface area contributed by atoms with Gasteiger partial charge in [-0.05, 0) is 68.5 Å². The van der Waals surface area contributed by atoms with E-state index in [1.165, 1.54) is 0 Å². The minimum absolute atomic E-state index is 0. The van der Waals surface area contributed by atoms with E-state index >= 15 is 0 Å². The van der Waals surface area contributed by atoms with Crippen molar-refractivity contribution in [1.29, 1.82) is 0 Å². The molecule has 13 aromatic rings. The molecule has 0 fully saturated rings. The number of para-hydroxylation sites is 1. The summed E-state index contributed by atoms with van der Waals surface area (Å²) in [6.07, 6.45) is 9.63. The van der Waals surface area contributed by atoms with Crippen molar-refractivity contribution in [3.05, 3.63) is 225 Å². The molecule has 0 spiro atoms. The Morgan fingerprint density at radius 3 is 1.85 bits per heavy atom. The van der Waals surface area contributed by atoms with Crippen LogP contribution in [0.2, 0.25) is 0 Å². The predicted octanol–water partition coefficient (Wildman–Crippen LogP) is 14.0. The van der Waals surface area contributed by atoms with Crippen molar-refractivity contribution in [2.45, 2.75) is 0 Å². The Balaban J connectivity index is 0.00000444. The van der Waals surface area contributed by atoms with Crippen molar-refractivity contribution in [1.82, 2.24) is 14.0 Å². The van der Waals surface area contributed by atoms with Crippen molar-refractivity contribution in [3.63, 3.8) is 0 Å². The van der Waals surface area contributed by atoms with E-state index in [9.17, 15) is 0 Å². The van der Waals surface area contributed by atoms with Crippen LogP contribution in [0.4, 0.5) is 0 Å². The van der Waals surface area contributed by atoms with Crippen molar-refractivity contribution in [2.75, 3.05) is 0 Å². The van der Waals surface area contributed by atoms with Gasteiger partial charge in [-0.15, -0.1) is 35.0 Å². The van der Waals surface area contributed by atoms with E-state index in [4.69, 9.17) is 14.1 Å². The summed E-state index contributed by atoms with van der Waals surface area (Å²) in [6, 6.07) is 72.4. The molecule has 7 heteroatoms. The van der Waals surface area contributed by atoms with Crippen molar-refractivity contribution in [2.24, 2.45) is 0 Å². The molecule has 0 radical (unpaired) electrons. The fourth-order valence-electron chi connectivity index (χ4n) is 9.40. The third kappa shape index (κ3) is 6.36. The first kappa shape index (κ1) is 38.6. The first-order valence-electron chi connectivity index (χ1n) is 21.3. The summed E-state index contributed by atoms with van der Waals surface area (Å²) < 4.78 is 19.4. The monoisotopic (exact) mass is 1010 g/mol. The number of benzene rings is 8. The number of nitrogens with zero attached hydrogens (tertiary/aromatic N) is 4. The van der Waals surface area contributed by atoms with Gasteiger partial charge in [0.05, 0.1) is 17.5 Å². The average Bonchev–Trinajstić information content (AvgIpc) is 4.07. The van der Waals surface area contributed by atoms with E-state index in [-0.39, 0.29) is 21.1 Å². The molecule has 0 bridgehead atoms. The van der Waals surface area contributed by atoms with Gasteiger partial charge in [-0.3, -0.25) is 4.57 Å². The van der Waals surface area contributed by atoms with Crippen LogP contribution in [0.25, 0.3) is 105 Å². The number of furan rings is 1. The number of fused-ring (bicyclic) bond motifs is 8. The molecule has 310 valence electrons. The van der Waals surface area contributed by atoms with Crippen LogP contribution in [0.15, 0.2) is 211 Å². The Kier molecular flexibility index (Phi) is 9.29. The summed E-state index contributed by atoms with van der Waals surface area (Å²) in [7, 11) is 0. The molecule has 8 aromatic carbocycles. The van der Waals surface area contributed by atoms with Gasteiger partial charge in [-0.2, -0.15) is 12.1 Å². The summed E-state index contributed by atoms with van der Waals surface area (Å²) in [5, 5.41) is 6.23. The molecule has 0 aliphatic carbocycles. The third-order valence-electron chi connectivity index (χ3n) is 12.3. The van der Waals surface area contributed by atoms with E-state index in [1.54, 1.807) is 0 Å². The molecule has 0 saturated carbocycles. The number of pyridine rings is 1. The number of aromatic nitrogens is 4. The number of ether oxygens (including phenoxy) is 1. The van der Waals surface area contributed by atoms with Gasteiger partial charge in [0.25, 0.3) is 6.33 Å². The summed E-state index contributed by atoms with van der Waals surface area (Å²) >= 11 is 0. The molecule has 0 aliphatic heterocycles. The molecule has 0 N–H and O–H groups in total. The summed E-state index contributed by atoms with van der Waals surface area (Å²) in [4.78, 5) is 4.77. The van der Waals surface area contributed by atoms with E-state index in [1.807, 2.05) is 61.0 Å². The molecule has 5 aromatic heterocycles. The first-order valence-corrected chi connectivity index (χ1v) is 21.3. The molecule has 6 nitrogen and oxygen atoms in total. The van der Waals surface area contributed by atoms with Gasteiger partial charge in [0.1, 0.15) is 11.4 Å². The van der Waals surface area contributed by atoms with Crippen LogP contribution < -0.4 is 9.30 Å². The zero-order valence-corrected chi connectivity index (χ0v) is 36.8. The second-order valence-electron chi connectivity index (χ2n) is 16.0. The predicted molar refractivity (Wildman–Crippen MR) is 255 cm³/mol. The van der Waals surface area contributed by atoms with Crippen molar-refractivity contribution < 1.29 is 34.8 Å². The largest absolute Gasteiger partial charge is 0.510 e. The van der Waals surface area contributed by atoms with Crippen LogP contribution in [0.5, 0.6) is 11.5 Å². The maximum absolute atomic E-state index is 6.77. The van der Waals surface area contributed by atoms with Gasteiger partial charge in [0, 0.05) is 61.2 Å². The molecule has 0 amide bonds. The zero-order valence-electron chi connectivity index (χ0n) is 34.6. The normalized spacial score (nSPS) is 11.6. The van der Waals surface area contributed by atoms with E-state index < -0.39 is 0 Å². The maximum Gasteiger partial charge on any atom is 0.267 e. The Morgan fingerprint density at radius 2 is 1.15 bits per heavy atom. The third-order valence-corrected chi connectivity index (χ3v) is 12.3. The van der Waals surface area contributed by atoms with Crippen LogP contribution in [-0.4, -0.2) is 14.0 Å². The molecule has 0 atom stereocenters. The van der Waals surface area contributed by atoms with Crippen molar-refractivity contribution >= 4 is 60.0 Å². The molecule has 0 saturated heterocycles. The zero-order chi connectivity index (χ0) is 42.1. The fraction of sp³-hybridized carbons (Fsp3) is 0. The van der Waals surface area contributed by atoms with Crippen molar-refractivity contribution in [3.8, 4) is 56.4 Å². The SMILES string of the molecule is [Pt].[c-]1c(Oc2[c-]c3c(cc2)c2cccc4occ(c42)c2c[n+](-c4c(-c5ccccc5)cccc4-c4ccccc4)[c-]n32)ccc2c3cc(-c4ccccc4)ccc3n(-c3ccccn3)c12. The first-order chi connectivity index (χ1) is 31.7. The van der Waals surface area contributed by atoms with Gasteiger partial charge >= 0.3 is 0 Å². The second kappa shape index (κ2) is 15.6. The Morgan fingerprint density at radius 1 is 0.508 bits per heavy atom. The van der Waals surface area contributed by atoms with Gasteiger partial charge in [-0.1, -0.05) is 150 Å². The number of imidazole rings is 1. The Hall–Kier alpha value is -8.05. The molecule has 13 rings (SSSR count). The number of rotatable bonds is 7. The fourth-order valence-corrected chi connectivity index (χ4v) is 9.40. The molecule has 0 unspecified atom stereocenters. The quantitative estimate of drug-likeness (QED) is 0.118. The topological polar surface area (TPSA) is 48.5 Å². The van der Waals surface area contributed by atoms with Crippen LogP contribution in [0.1, 0.15) is 0 Å². The van der Waals surface area contributed by atoms with Crippen LogP contribution in [-0.2, 0) is 21.1 Å². The summed E-state index contributed by atoms with van der Waals surface area (Å²) in [5.41, 5.74) is 12.2. The second-order valence-corrected chi connectivity index (χ2v) is 16.0. The summed E-state index contributed by atoms with van der Waals surface area (Å²) in [6.45, 7) is 0. The van der Waals surface area contributed by atoms with Gasteiger partial charge in [-0.25, -0.2) is 4.98 Å². The molecule has 5 heterocycles. The standard InChI is InChI=1S/C58H34N4O2.Pt/c1-4-14-38(15-5-1)41-25-30-51-49(32-41)47-29-27-43(34-53(47)62(51)56-24-10-11-31-59-56)64-42-26-28-46-48-22-13-23-55-57(48)50(36-63-55)54-35-60(37-61(54)52(46)33-42)58-44(39-16-6-2-7-17-39)20-12-21-45(58)40-18-8-3-9-19-40;/h1-32,35-36H;/q-2;. The van der Waals surface area contributed by atoms with E-state index in [2.05, 4.69) is 178 Å². The number of hydrogen-bond acceptors (Lipinski definition) is 3. The Bertz CT molecular complexity index is 3860. The minimum atomic E-state index is 0. The van der Waals surface area contributed by atoms with Gasteiger partial charge < -0.3 is 18.1 Å². The molecular weight excluding hydrogens is 980 g/mol. The van der Waals surface area contributed by atoms with Crippen LogP contribution in [0, 0.1) is 18.5 Å². The average molecular weight is 1010 g/mol.